The second-order valence-corrected chi connectivity index (χ2v) is 8.23. The Morgan fingerprint density at radius 2 is 1.46 bits per heavy atom. The van der Waals surface area contributed by atoms with Gasteiger partial charge in [0.1, 0.15) is 5.75 Å². The molecule has 180 valence electrons. The van der Waals surface area contributed by atoms with Crippen molar-refractivity contribution in [3.63, 3.8) is 0 Å². The lowest BCUT2D eigenvalue weighted by Gasteiger charge is -2.09. The van der Waals surface area contributed by atoms with Gasteiger partial charge in [-0.1, -0.05) is 12.1 Å². The van der Waals surface area contributed by atoms with E-state index in [1.165, 1.54) is 6.21 Å². The summed E-state index contributed by atoms with van der Waals surface area (Å²) < 4.78 is 5.52. The number of carbonyl (C=O) groups excluding carboxylic acids is 3. The maximum absolute atomic E-state index is 12.2. The first-order valence-corrected chi connectivity index (χ1v) is 11.0. The summed E-state index contributed by atoms with van der Waals surface area (Å²) in [5.74, 6) is -1.44. The van der Waals surface area contributed by atoms with Crippen LogP contribution in [-0.4, -0.2) is 30.5 Å². The monoisotopic (exact) mass is 472 g/mol. The Morgan fingerprint density at radius 3 is 2.11 bits per heavy atom. The number of hydrogen-bond acceptors (Lipinski definition) is 5. The van der Waals surface area contributed by atoms with Gasteiger partial charge in [-0.15, -0.1) is 0 Å². The van der Waals surface area contributed by atoms with Gasteiger partial charge in [0.05, 0.1) is 6.21 Å². The first-order valence-electron chi connectivity index (χ1n) is 11.0. The topological polar surface area (TPSA) is 109 Å². The number of anilines is 2. The molecule has 0 bridgehead atoms. The molecule has 0 aliphatic carbocycles. The van der Waals surface area contributed by atoms with E-state index in [1.807, 2.05) is 52.0 Å². The van der Waals surface area contributed by atoms with Crippen molar-refractivity contribution in [1.82, 2.24) is 5.43 Å². The smallest absolute Gasteiger partial charge is 0.329 e. The molecule has 0 saturated carbocycles. The molecule has 0 aliphatic heterocycles. The van der Waals surface area contributed by atoms with Crippen LogP contribution in [0.15, 0.2) is 65.8 Å². The summed E-state index contributed by atoms with van der Waals surface area (Å²) >= 11 is 0. The predicted octanol–water partition coefficient (Wildman–Crippen LogP) is 4.03. The van der Waals surface area contributed by atoms with Crippen LogP contribution in [0.5, 0.6) is 5.75 Å². The van der Waals surface area contributed by atoms with Crippen molar-refractivity contribution >= 4 is 35.3 Å². The van der Waals surface area contributed by atoms with Gasteiger partial charge in [-0.3, -0.25) is 14.4 Å². The standard InChI is InChI=1S/C27H28N4O4/c1-17-11-18(2)13-23(12-17)29-25(32)16-35-24-9-6-21(7-10-24)15-28-31-27(34)26(33)30-22-8-5-19(3)20(4)14-22/h5-15H,16H2,1-4H3,(H,29,32)(H,30,33)(H,31,34)/b28-15-. The molecule has 3 aromatic carbocycles. The third-order valence-electron chi connectivity index (χ3n) is 5.11. The molecular formula is C27H28N4O4. The fraction of sp³-hybridized carbons (Fsp3) is 0.185. The van der Waals surface area contributed by atoms with Gasteiger partial charge >= 0.3 is 11.8 Å². The Kier molecular flexibility index (Phi) is 8.34. The minimum Gasteiger partial charge on any atom is -0.484 e. The zero-order chi connectivity index (χ0) is 25.4. The number of carbonyl (C=O) groups is 3. The second kappa shape index (κ2) is 11.6. The maximum Gasteiger partial charge on any atom is 0.329 e. The van der Waals surface area contributed by atoms with E-state index in [0.29, 0.717) is 17.0 Å². The number of hydrogen-bond donors (Lipinski definition) is 3. The molecule has 3 aromatic rings. The zero-order valence-electron chi connectivity index (χ0n) is 20.1. The average molecular weight is 473 g/mol. The van der Waals surface area contributed by atoms with E-state index in [1.54, 1.807) is 36.4 Å². The Morgan fingerprint density at radius 1 is 0.771 bits per heavy atom. The first kappa shape index (κ1) is 25.2. The number of benzene rings is 3. The molecule has 0 spiro atoms. The fourth-order valence-corrected chi connectivity index (χ4v) is 3.27. The Bertz CT molecular complexity index is 1250. The summed E-state index contributed by atoms with van der Waals surface area (Å²) in [4.78, 5) is 36.1. The summed E-state index contributed by atoms with van der Waals surface area (Å²) in [6, 6.07) is 18.0. The molecule has 0 saturated heterocycles. The van der Waals surface area contributed by atoms with Gasteiger partial charge in [0.25, 0.3) is 5.91 Å². The minimum atomic E-state index is -0.880. The van der Waals surface area contributed by atoms with Gasteiger partial charge < -0.3 is 15.4 Å². The lowest BCUT2D eigenvalue weighted by atomic mass is 10.1. The van der Waals surface area contributed by atoms with Gasteiger partial charge in [0.15, 0.2) is 6.61 Å². The van der Waals surface area contributed by atoms with Crippen LogP contribution >= 0.6 is 0 Å². The van der Waals surface area contributed by atoms with Crippen molar-refractivity contribution in [3.8, 4) is 5.75 Å². The maximum atomic E-state index is 12.2. The van der Waals surface area contributed by atoms with Gasteiger partial charge in [-0.05, 0) is 104 Å². The molecule has 8 nitrogen and oxygen atoms in total. The molecule has 35 heavy (non-hydrogen) atoms. The van der Waals surface area contributed by atoms with E-state index >= 15 is 0 Å². The van der Waals surface area contributed by atoms with Crippen molar-refractivity contribution in [2.45, 2.75) is 27.7 Å². The van der Waals surface area contributed by atoms with Crippen LogP contribution in [0.25, 0.3) is 0 Å². The quantitative estimate of drug-likeness (QED) is 0.274. The molecule has 3 rings (SSSR count). The van der Waals surface area contributed by atoms with E-state index in [0.717, 1.165) is 27.9 Å². The largest absolute Gasteiger partial charge is 0.484 e. The SMILES string of the molecule is Cc1cc(C)cc(NC(=O)COc2ccc(/C=N\NC(=O)C(=O)Nc3ccc(C)c(C)c3)cc2)c1. The number of amides is 3. The molecule has 0 aromatic heterocycles. The third kappa shape index (κ3) is 7.82. The zero-order valence-corrected chi connectivity index (χ0v) is 20.1. The Labute approximate surface area is 204 Å². The highest BCUT2D eigenvalue weighted by Crippen LogP contribution is 2.15. The van der Waals surface area contributed by atoms with Crippen molar-refractivity contribution in [1.29, 1.82) is 0 Å². The highest BCUT2D eigenvalue weighted by atomic mass is 16.5. The number of hydrazone groups is 1. The number of rotatable bonds is 7. The van der Waals surface area contributed by atoms with Crippen LogP contribution in [0.1, 0.15) is 27.8 Å². The summed E-state index contributed by atoms with van der Waals surface area (Å²) in [7, 11) is 0. The normalized spacial score (nSPS) is 10.6. The van der Waals surface area contributed by atoms with Crippen LogP contribution in [0.3, 0.4) is 0 Å². The summed E-state index contributed by atoms with van der Waals surface area (Å²) in [5.41, 5.74) is 8.37. The lowest BCUT2D eigenvalue weighted by molar-refractivity contribution is -0.136. The Balaban J connectivity index is 1.44. The Hall–Kier alpha value is -4.46. The average Bonchev–Trinajstić information content (AvgIpc) is 2.80. The molecule has 0 heterocycles. The molecule has 0 radical (unpaired) electrons. The van der Waals surface area contributed by atoms with E-state index < -0.39 is 11.8 Å². The van der Waals surface area contributed by atoms with Crippen LogP contribution in [0.2, 0.25) is 0 Å². The highest BCUT2D eigenvalue weighted by molar-refractivity contribution is 6.39. The van der Waals surface area contributed by atoms with Crippen LogP contribution in [0, 0.1) is 27.7 Å². The van der Waals surface area contributed by atoms with Crippen LogP contribution in [0.4, 0.5) is 11.4 Å². The molecule has 0 fully saturated rings. The molecule has 0 aliphatic rings. The summed E-state index contributed by atoms with van der Waals surface area (Å²) in [6.07, 6.45) is 1.40. The van der Waals surface area contributed by atoms with Crippen molar-refractivity contribution in [2.24, 2.45) is 5.10 Å². The van der Waals surface area contributed by atoms with Crippen molar-refractivity contribution in [3.05, 3.63) is 88.5 Å². The molecule has 8 heteroatoms. The van der Waals surface area contributed by atoms with Gasteiger partial charge in [-0.2, -0.15) is 5.10 Å². The first-order chi connectivity index (χ1) is 16.7. The second-order valence-electron chi connectivity index (χ2n) is 8.23. The van der Waals surface area contributed by atoms with E-state index in [4.69, 9.17) is 4.74 Å². The molecule has 0 atom stereocenters. The highest BCUT2D eigenvalue weighted by Gasteiger charge is 2.13. The van der Waals surface area contributed by atoms with E-state index in [-0.39, 0.29) is 12.5 Å². The molecular weight excluding hydrogens is 444 g/mol. The van der Waals surface area contributed by atoms with Gasteiger partial charge in [0, 0.05) is 11.4 Å². The van der Waals surface area contributed by atoms with Crippen LogP contribution in [-0.2, 0) is 14.4 Å². The minimum absolute atomic E-state index is 0.133. The fourth-order valence-electron chi connectivity index (χ4n) is 3.27. The van der Waals surface area contributed by atoms with E-state index in [2.05, 4.69) is 21.2 Å². The van der Waals surface area contributed by atoms with Crippen molar-refractivity contribution < 1.29 is 19.1 Å². The number of ether oxygens (including phenoxy) is 1. The third-order valence-corrected chi connectivity index (χ3v) is 5.11. The number of nitrogens with one attached hydrogen (secondary N) is 3. The number of nitrogens with zero attached hydrogens (tertiary/aromatic N) is 1. The summed E-state index contributed by atoms with van der Waals surface area (Å²) in [5, 5.41) is 9.16. The number of aryl methyl sites for hydroxylation is 4. The summed E-state index contributed by atoms with van der Waals surface area (Å²) in [6.45, 7) is 7.69. The predicted molar refractivity (Wildman–Crippen MR) is 137 cm³/mol. The molecule has 3 amide bonds. The van der Waals surface area contributed by atoms with Gasteiger partial charge in [-0.25, -0.2) is 5.43 Å². The van der Waals surface area contributed by atoms with Crippen LogP contribution < -0.4 is 20.8 Å². The van der Waals surface area contributed by atoms with Gasteiger partial charge in [0.2, 0.25) is 0 Å². The molecule has 0 unspecified atom stereocenters. The van der Waals surface area contributed by atoms with E-state index in [9.17, 15) is 14.4 Å². The van der Waals surface area contributed by atoms with Crippen molar-refractivity contribution in [2.75, 3.05) is 17.2 Å². The lowest BCUT2D eigenvalue weighted by Crippen LogP contribution is -2.32. The molecule has 3 N–H and O–H groups in total.